The van der Waals surface area contributed by atoms with Gasteiger partial charge in [-0.1, -0.05) is 11.6 Å². The van der Waals surface area contributed by atoms with Gasteiger partial charge in [-0.15, -0.1) is 11.3 Å². The third kappa shape index (κ3) is 3.02. The van der Waals surface area contributed by atoms with Gasteiger partial charge in [0, 0.05) is 4.88 Å². The summed E-state index contributed by atoms with van der Waals surface area (Å²) in [4.78, 5) is 0.937. The molecule has 0 aliphatic carbocycles. The number of nitrogens with two attached hydrogens (primary N) is 1. The van der Waals surface area contributed by atoms with Gasteiger partial charge in [0.2, 0.25) is 0 Å². The van der Waals surface area contributed by atoms with Gasteiger partial charge in [-0.05, 0) is 43.7 Å². The number of aryl methyl sites for hydroxylation is 2. The number of hydrogen-bond donors (Lipinski definition) is 2. The summed E-state index contributed by atoms with van der Waals surface area (Å²) in [7, 11) is -3.58. The summed E-state index contributed by atoms with van der Waals surface area (Å²) < 4.78 is 27.2. The third-order valence-corrected chi connectivity index (χ3v) is 5.75. The van der Waals surface area contributed by atoms with Crippen LogP contribution >= 0.6 is 22.9 Å². The van der Waals surface area contributed by atoms with Crippen molar-refractivity contribution < 1.29 is 8.42 Å². The average molecular weight is 317 g/mol. The summed E-state index contributed by atoms with van der Waals surface area (Å²) in [5.41, 5.74) is 7.24. The molecule has 7 heteroatoms. The summed E-state index contributed by atoms with van der Waals surface area (Å²) in [6.07, 6.45) is 0. The smallest absolute Gasteiger partial charge is 0.271 e. The predicted molar refractivity (Wildman–Crippen MR) is 80.5 cm³/mol. The Bertz CT molecular complexity index is 723. The lowest BCUT2D eigenvalue weighted by molar-refractivity contribution is 0.603. The van der Waals surface area contributed by atoms with Crippen molar-refractivity contribution in [3.05, 3.63) is 39.7 Å². The minimum absolute atomic E-state index is 0.275. The fourth-order valence-electron chi connectivity index (χ4n) is 1.57. The molecule has 19 heavy (non-hydrogen) atoms. The lowest BCUT2D eigenvalue weighted by atomic mass is 10.2. The van der Waals surface area contributed by atoms with Crippen molar-refractivity contribution in [3.8, 4) is 0 Å². The summed E-state index contributed by atoms with van der Waals surface area (Å²) in [6, 6.07) is 6.50. The minimum Gasteiger partial charge on any atom is -0.398 e. The number of thiophene rings is 1. The van der Waals surface area contributed by atoms with Gasteiger partial charge in [0.15, 0.2) is 0 Å². The molecule has 0 aliphatic heterocycles. The standard InChI is InChI=1S/C12H13ClN2O2S2/c1-7-5-10(14)9(13)6-11(7)15-19(16,17)12-4-3-8(2)18-12/h3-6,15H,14H2,1-2H3. The number of nitrogen functional groups attached to an aromatic ring is 1. The molecule has 0 amide bonds. The molecular weight excluding hydrogens is 304 g/mol. The van der Waals surface area contributed by atoms with Crippen molar-refractivity contribution in [2.24, 2.45) is 0 Å². The maximum Gasteiger partial charge on any atom is 0.271 e. The summed E-state index contributed by atoms with van der Waals surface area (Å²) in [5.74, 6) is 0. The first-order valence-electron chi connectivity index (χ1n) is 5.44. The summed E-state index contributed by atoms with van der Waals surface area (Å²) in [5, 5.41) is 0.325. The zero-order valence-corrected chi connectivity index (χ0v) is 12.8. The van der Waals surface area contributed by atoms with Crippen molar-refractivity contribution in [2.75, 3.05) is 10.5 Å². The monoisotopic (exact) mass is 316 g/mol. The molecule has 0 unspecified atom stereocenters. The molecule has 0 saturated carbocycles. The van der Waals surface area contributed by atoms with Crippen molar-refractivity contribution >= 4 is 44.3 Å². The van der Waals surface area contributed by atoms with Gasteiger partial charge in [-0.25, -0.2) is 8.42 Å². The Morgan fingerprint density at radius 3 is 2.53 bits per heavy atom. The van der Waals surface area contributed by atoms with Crippen molar-refractivity contribution in [3.63, 3.8) is 0 Å². The predicted octanol–water partition coefficient (Wildman–Crippen LogP) is 3.40. The molecule has 0 aliphatic rings. The van der Waals surface area contributed by atoms with Crippen LogP contribution in [0.1, 0.15) is 10.4 Å². The molecule has 2 rings (SSSR count). The molecule has 0 radical (unpaired) electrons. The SMILES string of the molecule is Cc1ccc(S(=O)(=O)Nc2cc(Cl)c(N)cc2C)s1. The molecule has 0 fully saturated rings. The molecule has 2 aromatic rings. The Morgan fingerprint density at radius 2 is 1.95 bits per heavy atom. The molecule has 0 atom stereocenters. The zero-order chi connectivity index (χ0) is 14.2. The molecule has 1 aromatic heterocycles. The van der Waals surface area contributed by atoms with Crippen LogP contribution in [0, 0.1) is 13.8 Å². The Morgan fingerprint density at radius 1 is 1.26 bits per heavy atom. The fourth-order valence-corrected chi connectivity index (χ4v) is 4.13. The Kier molecular flexibility index (Phi) is 3.75. The second-order valence-electron chi connectivity index (χ2n) is 4.16. The van der Waals surface area contributed by atoms with Gasteiger partial charge >= 0.3 is 0 Å². The number of halogens is 1. The minimum atomic E-state index is -3.58. The van der Waals surface area contributed by atoms with Gasteiger partial charge in [0.05, 0.1) is 16.4 Å². The second-order valence-corrected chi connectivity index (χ2v) is 7.76. The lowest BCUT2D eigenvalue weighted by Gasteiger charge is -2.11. The van der Waals surface area contributed by atoms with Crippen LogP contribution in [0.2, 0.25) is 5.02 Å². The van der Waals surface area contributed by atoms with E-state index in [1.165, 1.54) is 17.4 Å². The van der Waals surface area contributed by atoms with E-state index in [1.54, 1.807) is 25.1 Å². The van der Waals surface area contributed by atoms with E-state index in [0.717, 1.165) is 10.4 Å². The van der Waals surface area contributed by atoms with Crippen molar-refractivity contribution in [1.82, 2.24) is 0 Å². The largest absolute Gasteiger partial charge is 0.398 e. The molecule has 102 valence electrons. The van der Waals surface area contributed by atoms with Crippen LogP contribution in [0.15, 0.2) is 28.5 Å². The third-order valence-electron chi connectivity index (χ3n) is 2.57. The van der Waals surface area contributed by atoms with Gasteiger partial charge < -0.3 is 5.73 Å². The molecule has 1 heterocycles. The maximum absolute atomic E-state index is 12.2. The van der Waals surface area contributed by atoms with Gasteiger partial charge in [0.25, 0.3) is 10.0 Å². The quantitative estimate of drug-likeness (QED) is 0.852. The number of hydrogen-bond acceptors (Lipinski definition) is 4. The number of sulfonamides is 1. The van der Waals surface area contributed by atoms with Gasteiger partial charge in [0.1, 0.15) is 4.21 Å². The van der Waals surface area contributed by atoms with Crippen LogP contribution < -0.4 is 10.5 Å². The molecule has 0 bridgehead atoms. The fraction of sp³-hybridized carbons (Fsp3) is 0.167. The molecule has 3 N–H and O–H groups in total. The van der Waals surface area contributed by atoms with E-state index in [4.69, 9.17) is 17.3 Å². The molecule has 0 saturated heterocycles. The maximum atomic E-state index is 12.2. The lowest BCUT2D eigenvalue weighted by Crippen LogP contribution is -2.12. The summed E-state index contributed by atoms with van der Waals surface area (Å²) in [6.45, 7) is 3.62. The Balaban J connectivity index is 2.38. The summed E-state index contributed by atoms with van der Waals surface area (Å²) >= 11 is 7.13. The van der Waals surface area contributed by atoms with Crippen molar-refractivity contribution in [2.45, 2.75) is 18.1 Å². The van der Waals surface area contributed by atoms with Crippen LogP contribution in [0.4, 0.5) is 11.4 Å². The molecule has 1 aromatic carbocycles. The molecular formula is C12H13ClN2O2S2. The number of benzene rings is 1. The highest BCUT2D eigenvalue weighted by molar-refractivity contribution is 7.94. The van der Waals surface area contributed by atoms with Gasteiger partial charge in [-0.3, -0.25) is 4.72 Å². The first-order valence-corrected chi connectivity index (χ1v) is 8.12. The van der Waals surface area contributed by atoms with Crippen LogP contribution in [0.3, 0.4) is 0 Å². The first-order chi connectivity index (χ1) is 8.79. The van der Waals surface area contributed by atoms with Crippen LogP contribution in [0.5, 0.6) is 0 Å². The van der Waals surface area contributed by atoms with E-state index in [0.29, 0.717) is 16.4 Å². The van der Waals surface area contributed by atoms with Crippen LogP contribution in [-0.2, 0) is 10.0 Å². The van der Waals surface area contributed by atoms with Gasteiger partial charge in [-0.2, -0.15) is 0 Å². The van der Waals surface area contributed by atoms with E-state index in [-0.39, 0.29) is 4.21 Å². The number of rotatable bonds is 3. The molecule has 0 spiro atoms. The van der Waals surface area contributed by atoms with E-state index in [1.807, 2.05) is 6.92 Å². The second kappa shape index (κ2) is 5.03. The average Bonchev–Trinajstić information content (AvgIpc) is 2.73. The first kappa shape index (κ1) is 14.2. The number of nitrogens with one attached hydrogen (secondary N) is 1. The zero-order valence-electron chi connectivity index (χ0n) is 10.4. The highest BCUT2D eigenvalue weighted by Crippen LogP contribution is 2.29. The van der Waals surface area contributed by atoms with Crippen molar-refractivity contribution in [1.29, 1.82) is 0 Å². The van der Waals surface area contributed by atoms with Crippen LogP contribution in [-0.4, -0.2) is 8.42 Å². The van der Waals surface area contributed by atoms with E-state index in [2.05, 4.69) is 4.72 Å². The molecule has 4 nitrogen and oxygen atoms in total. The normalized spacial score (nSPS) is 11.5. The van der Waals surface area contributed by atoms with E-state index < -0.39 is 10.0 Å². The topological polar surface area (TPSA) is 72.2 Å². The van der Waals surface area contributed by atoms with E-state index in [9.17, 15) is 8.42 Å². The Labute approximate surface area is 121 Å². The van der Waals surface area contributed by atoms with E-state index >= 15 is 0 Å². The highest BCUT2D eigenvalue weighted by atomic mass is 35.5. The van der Waals surface area contributed by atoms with Crippen LogP contribution in [0.25, 0.3) is 0 Å². The number of anilines is 2. The highest BCUT2D eigenvalue weighted by Gasteiger charge is 2.17. The Hall–Kier alpha value is -1.24.